The average Bonchev–Trinajstić information content (AvgIpc) is 2.98. The number of carbonyl (C=O) groups excluding carboxylic acids is 2. The predicted octanol–water partition coefficient (Wildman–Crippen LogP) is 1.38. The molecule has 1 fully saturated rings. The molecule has 23 heavy (non-hydrogen) atoms. The van der Waals surface area contributed by atoms with E-state index in [2.05, 4.69) is 11.4 Å². The lowest BCUT2D eigenvalue weighted by molar-refractivity contribution is -0.134. The number of carbonyl (C=O) groups is 2. The topological polar surface area (TPSA) is 69.6 Å². The molecule has 1 aliphatic heterocycles. The van der Waals surface area contributed by atoms with Crippen LogP contribution < -0.4 is 5.32 Å². The van der Waals surface area contributed by atoms with Crippen molar-refractivity contribution in [2.75, 3.05) is 13.1 Å². The van der Waals surface area contributed by atoms with Crippen molar-refractivity contribution in [1.82, 2.24) is 10.2 Å². The number of fused-ring (bicyclic) bond motifs is 1. The second kappa shape index (κ2) is 6.71. The van der Waals surface area contributed by atoms with Gasteiger partial charge in [-0.3, -0.25) is 9.59 Å². The third-order valence-corrected chi connectivity index (χ3v) is 4.94. The Morgan fingerprint density at radius 3 is 2.61 bits per heavy atom. The summed E-state index contributed by atoms with van der Waals surface area (Å²) in [5.74, 6) is -0.300. The Morgan fingerprint density at radius 2 is 1.87 bits per heavy atom. The molecule has 2 amide bonds. The number of aliphatic hydroxyl groups is 1. The van der Waals surface area contributed by atoms with E-state index < -0.39 is 5.60 Å². The largest absolute Gasteiger partial charge is 0.389 e. The van der Waals surface area contributed by atoms with Crippen LogP contribution in [0.1, 0.15) is 43.2 Å². The number of nitrogens with one attached hydrogen (secondary N) is 1. The van der Waals surface area contributed by atoms with Crippen LogP contribution in [-0.2, 0) is 22.6 Å². The van der Waals surface area contributed by atoms with Crippen LogP contribution in [0, 0.1) is 0 Å². The quantitative estimate of drug-likeness (QED) is 0.882. The molecular weight excluding hydrogens is 292 g/mol. The van der Waals surface area contributed by atoms with E-state index in [1.165, 1.54) is 11.1 Å². The summed E-state index contributed by atoms with van der Waals surface area (Å²) in [5.41, 5.74) is 1.61. The van der Waals surface area contributed by atoms with Crippen LogP contribution in [0.25, 0.3) is 0 Å². The molecule has 124 valence electrons. The van der Waals surface area contributed by atoms with Crippen LogP contribution in [0.5, 0.6) is 0 Å². The molecule has 0 atom stereocenters. The van der Waals surface area contributed by atoms with E-state index in [-0.39, 0.29) is 24.8 Å². The third-order valence-electron chi connectivity index (χ3n) is 4.94. The van der Waals surface area contributed by atoms with E-state index in [0.29, 0.717) is 25.9 Å². The first kappa shape index (κ1) is 16.0. The number of nitrogens with zero attached hydrogens (tertiary/aromatic N) is 1. The summed E-state index contributed by atoms with van der Waals surface area (Å²) in [6, 6.07) is 8.14. The van der Waals surface area contributed by atoms with Gasteiger partial charge in [-0.2, -0.15) is 0 Å². The highest BCUT2D eigenvalue weighted by Crippen LogP contribution is 2.32. The lowest BCUT2D eigenvalue weighted by Gasteiger charge is -2.29. The van der Waals surface area contributed by atoms with Crippen LogP contribution in [-0.4, -0.2) is 40.5 Å². The van der Waals surface area contributed by atoms with Gasteiger partial charge < -0.3 is 15.3 Å². The Labute approximate surface area is 136 Å². The minimum Gasteiger partial charge on any atom is -0.389 e. The first-order valence-electron chi connectivity index (χ1n) is 8.39. The predicted molar refractivity (Wildman–Crippen MR) is 86.6 cm³/mol. The van der Waals surface area contributed by atoms with E-state index in [4.69, 9.17) is 0 Å². The maximum Gasteiger partial charge on any atom is 0.242 e. The molecule has 5 nitrogen and oxygen atoms in total. The number of hydrogen-bond donors (Lipinski definition) is 2. The van der Waals surface area contributed by atoms with Crippen LogP contribution in [0.15, 0.2) is 24.3 Å². The lowest BCUT2D eigenvalue weighted by atomic mass is 9.97. The van der Waals surface area contributed by atoms with Crippen molar-refractivity contribution in [3.8, 4) is 0 Å². The zero-order valence-electron chi connectivity index (χ0n) is 13.4. The smallest absolute Gasteiger partial charge is 0.242 e. The molecule has 2 N–H and O–H groups in total. The lowest BCUT2D eigenvalue weighted by Crippen LogP contribution is -2.44. The van der Waals surface area contributed by atoms with Gasteiger partial charge in [0, 0.05) is 13.1 Å². The fraction of sp³-hybridized carbons (Fsp3) is 0.556. The van der Waals surface area contributed by atoms with Gasteiger partial charge in [0.2, 0.25) is 11.8 Å². The Hall–Kier alpha value is -1.88. The SMILES string of the molecule is O=C(CC1(O)CCCC1)NCC(=O)N1CCc2ccccc2C1. The Balaban J connectivity index is 1.47. The van der Waals surface area contributed by atoms with Crippen molar-refractivity contribution in [2.24, 2.45) is 0 Å². The van der Waals surface area contributed by atoms with Crippen molar-refractivity contribution in [3.05, 3.63) is 35.4 Å². The summed E-state index contributed by atoms with van der Waals surface area (Å²) in [5, 5.41) is 12.9. The molecule has 1 aromatic carbocycles. The summed E-state index contributed by atoms with van der Waals surface area (Å²) in [7, 11) is 0. The number of benzene rings is 1. The highest BCUT2D eigenvalue weighted by Gasteiger charge is 2.33. The van der Waals surface area contributed by atoms with E-state index >= 15 is 0 Å². The second-order valence-electron chi connectivity index (χ2n) is 6.72. The molecule has 0 bridgehead atoms. The molecular formula is C18H24N2O3. The number of hydrogen-bond acceptors (Lipinski definition) is 3. The van der Waals surface area contributed by atoms with Gasteiger partial charge in [0.25, 0.3) is 0 Å². The van der Waals surface area contributed by atoms with Gasteiger partial charge in [0.05, 0.1) is 18.6 Å². The molecule has 1 aliphatic carbocycles. The average molecular weight is 316 g/mol. The van der Waals surface area contributed by atoms with Crippen molar-refractivity contribution in [3.63, 3.8) is 0 Å². The van der Waals surface area contributed by atoms with E-state index in [1.807, 2.05) is 18.2 Å². The van der Waals surface area contributed by atoms with Gasteiger partial charge in [0.15, 0.2) is 0 Å². The molecule has 1 saturated carbocycles. The third kappa shape index (κ3) is 3.91. The molecule has 1 aromatic rings. The Bertz CT molecular complexity index is 594. The second-order valence-corrected chi connectivity index (χ2v) is 6.72. The monoisotopic (exact) mass is 316 g/mol. The van der Waals surface area contributed by atoms with E-state index in [1.54, 1.807) is 4.90 Å². The summed E-state index contributed by atoms with van der Waals surface area (Å²) < 4.78 is 0. The highest BCUT2D eigenvalue weighted by molar-refractivity contribution is 5.85. The molecule has 0 radical (unpaired) electrons. The highest BCUT2D eigenvalue weighted by atomic mass is 16.3. The Kier molecular flexibility index (Phi) is 4.66. The van der Waals surface area contributed by atoms with Gasteiger partial charge in [-0.1, -0.05) is 37.1 Å². The van der Waals surface area contributed by atoms with Gasteiger partial charge in [0.1, 0.15) is 0 Å². The molecule has 0 spiro atoms. The standard InChI is InChI=1S/C18H24N2O3/c21-16(11-18(23)8-3-4-9-18)19-12-17(22)20-10-7-14-5-1-2-6-15(14)13-20/h1-2,5-6,23H,3-4,7-13H2,(H,19,21). The van der Waals surface area contributed by atoms with Crippen LogP contribution in [0.4, 0.5) is 0 Å². The van der Waals surface area contributed by atoms with Crippen molar-refractivity contribution in [2.45, 2.75) is 50.7 Å². The first-order valence-corrected chi connectivity index (χ1v) is 8.39. The Morgan fingerprint density at radius 1 is 1.17 bits per heavy atom. The molecule has 3 rings (SSSR count). The molecule has 2 aliphatic rings. The van der Waals surface area contributed by atoms with Crippen LogP contribution >= 0.6 is 0 Å². The van der Waals surface area contributed by atoms with Gasteiger partial charge in [-0.25, -0.2) is 0 Å². The van der Waals surface area contributed by atoms with Gasteiger partial charge in [-0.05, 0) is 30.4 Å². The van der Waals surface area contributed by atoms with Gasteiger partial charge in [-0.15, -0.1) is 0 Å². The maximum absolute atomic E-state index is 12.3. The summed E-state index contributed by atoms with van der Waals surface area (Å²) in [4.78, 5) is 26.0. The number of amides is 2. The zero-order valence-corrected chi connectivity index (χ0v) is 13.4. The maximum atomic E-state index is 12.3. The fourth-order valence-corrected chi connectivity index (χ4v) is 3.57. The summed E-state index contributed by atoms with van der Waals surface area (Å²) in [6.07, 6.45) is 4.25. The first-order chi connectivity index (χ1) is 11.1. The molecule has 0 saturated heterocycles. The minimum atomic E-state index is -0.864. The number of rotatable bonds is 4. The fourth-order valence-electron chi connectivity index (χ4n) is 3.57. The van der Waals surface area contributed by atoms with Gasteiger partial charge >= 0.3 is 0 Å². The minimum absolute atomic E-state index is 0.0110. The van der Waals surface area contributed by atoms with Crippen LogP contribution in [0.2, 0.25) is 0 Å². The normalized spacial score (nSPS) is 19.3. The van der Waals surface area contributed by atoms with Crippen LogP contribution in [0.3, 0.4) is 0 Å². The molecule has 1 heterocycles. The zero-order chi connectivity index (χ0) is 16.3. The van der Waals surface area contributed by atoms with Crippen molar-refractivity contribution < 1.29 is 14.7 Å². The molecule has 0 aromatic heterocycles. The summed E-state index contributed by atoms with van der Waals surface area (Å²) >= 11 is 0. The van der Waals surface area contributed by atoms with E-state index in [9.17, 15) is 14.7 Å². The summed E-state index contributed by atoms with van der Waals surface area (Å²) in [6.45, 7) is 1.31. The molecule has 0 unspecified atom stereocenters. The van der Waals surface area contributed by atoms with E-state index in [0.717, 1.165) is 19.3 Å². The van der Waals surface area contributed by atoms with Crippen molar-refractivity contribution in [1.29, 1.82) is 0 Å². The molecule has 5 heteroatoms. The van der Waals surface area contributed by atoms with Crippen molar-refractivity contribution >= 4 is 11.8 Å².